The summed E-state index contributed by atoms with van der Waals surface area (Å²) in [6.07, 6.45) is 8.78. The van der Waals surface area contributed by atoms with Crippen molar-refractivity contribution in [2.24, 2.45) is 5.41 Å². The summed E-state index contributed by atoms with van der Waals surface area (Å²) in [6.45, 7) is 6.23. The Balaban J connectivity index is 2.70. The average Bonchev–Trinajstić information content (AvgIpc) is 2.41. The first-order valence-electron chi connectivity index (χ1n) is 7.98. The van der Waals surface area contributed by atoms with Gasteiger partial charge in [-0.25, -0.2) is 0 Å². The molecule has 1 N–H and O–H groups in total. The van der Waals surface area contributed by atoms with Crippen molar-refractivity contribution < 1.29 is 14.6 Å². The molecule has 1 fully saturated rings. The zero-order chi connectivity index (χ0) is 14.4. The topological polar surface area (TPSA) is 46.5 Å². The zero-order valence-electron chi connectivity index (χ0n) is 12.8. The lowest BCUT2D eigenvalue weighted by atomic mass is 9.77. The minimum absolute atomic E-state index is 0.185. The number of rotatable bonds is 7. The van der Waals surface area contributed by atoms with E-state index >= 15 is 0 Å². The molecule has 0 spiro atoms. The number of hydrogen-bond acceptors (Lipinski definition) is 3. The van der Waals surface area contributed by atoms with Crippen LogP contribution in [0.15, 0.2) is 0 Å². The smallest absolute Gasteiger partial charge is 0.314 e. The number of aliphatic hydroxyl groups is 1. The van der Waals surface area contributed by atoms with E-state index in [0.717, 1.165) is 51.4 Å². The highest BCUT2D eigenvalue weighted by Crippen LogP contribution is 2.38. The van der Waals surface area contributed by atoms with Crippen molar-refractivity contribution in [2.75, 3.05) is 0 Å². The monoisotopic (exact) mass is 270 g/mol. The molecule has 0 saturated heterocycles. The van der Waals surface area contributed by atoms with Crippen molar-refractivity contribution in [3.05, 3.63) is 0 Å². The fraction of sp³-hybridized carbons (Fsp3) is 0.938. The van der Waals surface area contributed by atoms with Gasteiger partial charge in [0.2, 0.25) is 5.79 Å². The predicted molar refractivity (Wildman–Crippen MR) is 76.7 cm³/mol. The molecule has 0 bridgehead atoms. The van der Waals surface area contributed by atoms with Gasteiger partial charge in [-0.05, 0) is 32.1 Å². The van der Waals surface area contributed by atoms with Crippen LogP contribution in [-0.2, 0) is 9.53 Å². The summed E-state index contributed by atoms with van der Waals surface area (Å²) in [5.74, 6) is -1.38. The van der Waals surface area contributed by atoms with Crippen LogP contribution < -0.4 is 0 Å². The van der Waals surface area contributed by atoms with E-state index in [4.69, 9.17) is 4.74 Å². The maximum absolute atomic E-state index is 12.5. The Bertz CT molecular complexity index is 276. The standard InChI is InChI=1S/C16H30O3/c1-4-7-11-15(5-2,6-3)14(17)19-16(18)12-9-8-10-13-16/h18H,4-13H2,1-3H3. The van der Waals surface area contributed by atoms with Gasteiger partial charge in [0.1, 0.15) is 0 Å². The van der Waals surface area contributed by atoms with Gasteiger partial charge in [0.15, 0.2) is 0 Å². The number of carbonyl (C=O) groups excluding carboxylic acids is 1. The second-order valence-corrected chi connectivity index (χ2v) is 5.99. The molecule has 0 aromatic heterocycles. The molecule has 0 unspecified atom stereocenters. The van der Waals surface area contributed by atoms with Gasteiger partial charge < -0.3 is 9.84 Å². The van der Waals surface area contributed by atoms with Crippen molar-refractivity contribution in [3.63, 3.8) is 0 Å². The molecule has 1 saturated carbocycles. The molecule has 1 rings (SSSR count). The molecule has 19 heavy (non-hydrogen) atoms. The van der Waals surface area contributed by atoms with Crippen LogP contribution in [0.4, 0.5) is 0 Å². The third-order valence-electron chi connectivity index (χ3n) is 4.71. The van der Waals surface area contributed by atoms with Gasteiger partial charge in [-0.15, -0.1) is 0 Å². The summed E-state index contributed by atoms with van der Waals surface area (Å²) < 4.78 is 5.54. The van der Waals surface area contributed by atoms with Crippen molar-refractivity contribution >= 4 is 5.97 Å². The number of unbranched alkanes of at least 4 members (excludes halogenated alkanes) is 1. The molecule has 0 radical (unpaired) electrons. The summed E-state index contributed by atoms with van der Waals surface area (Å²) >= 11 is 0. The Morgan fingerprint density at radius 2 is 1.74 bits per heavy atom. The maximum atomic E-state index is 12.5. The molecular weight excluding hydrogens is 240 g/mol. The Morgan fingerprint density at radius 3 is 2.21 bits per heavy atom. The van der Waals surface area contributed by atoms with Crippen LogP contribution in [0.2, 0.25) is 0 Å². The van der Waals surface area contributed by atoms with Gasteiger partial charge in [0.25, 0.3) is 0 Å². The minimum Gasteiger partial charge on any atom is -0.433 e. The lowest BCUT2D eigenvalue weighted by molar-refractivity contribution is -0.230. The number of hydrogen-bond donors (Lipinski definition) is 1. The van der Waals surface area contributed by atoms with E-state index in [2.05, 4.69) is 6.92 Å². The minimum atomic E-state index is -1.20. The van der Waals surface area contributed by atoms with E-state index in [1.54, 1.807) is 0 Å². The third-order valence-corrected chi connectivity index (χ3v) is 4.71. The summed E-state index contributed by atoms with van der Waals surface area (Å²) in [5, 5.41) is 10.4. The Morgan fingerprint density at radius 1 is 1.16 bits per heavy atom. The fourth-order valence-corrected chi connectivity index (χ4v) is 3.00. The second-order valence-electron chi connectivity index (χ2n) is 5.99. The van der Waals surface area contributed by atoms with Crippen LogP contribution in [0.5, 0.6) is 0 Å². The van der Waals surface area contributed by atoms with Gasteiger partial charge in [-0.2, -0.15) is 0 Å². The van der Waals surface area contributed by atoms with Crippen LogP contribution in [0.3, 0.4) is 0 Å². The first-order valence-corrected chi connectivity index (χ1v) is 7.98. The van der Waals surface area contributed by atoms with E-state index < -0.39 is 11.2 Å². The second kappa shape index (κ2) is 7.28. The maximum Gasteiger partial charge on any atom is 0.314 e. The first-order chi connectivity index (χ1) is 9.02. The molecule has 3 nitrogen and oxygen atoms in total. The van der Waals surface area contributed by atoms with E-state index in [1.165, 1.54) is 0 Å². The van der Waals surface area contributed by atoms with Gasteiger partial charge in [0, 0.05) is 12.8 Å². The van der Waals surface area contributed by atoms with E-state index in [9.17, 15) is 9.90 Å². The quantitative estimate of drug-likeness (QED) is 0.557. The predicted octanol–water partition coefficient (Wildman–Crippen LogP) is 4.18. The molecule has 1 aliphatic rings. The molecular formula is C16H30O3. The molecule has 112 valence electrons. The van der Waals surface area contributed by atoms with Crippen molar-refractivity contribution in [1.29, 1.82) is 0 Å². The highest BCUT2D eigenvalue weighted by molar-refractivity contribution is 5.77. The third kappa shape index (κ3) is 4.20. The molecule has 0 aliphatic heterocycles. The Kier molecular flexibility index (Phi) is 6.31. The highest BCUT2D eigenvalue weighted by atomic mass is 16.7. The Labute approximate surface area is 117 Å². The lowest BCUT2D eigenvalue weighted by Crippen LogP contribution is -2.43. The number of carbonyl (C=O) groups is 1. The molecule has 0 heterocycles. The van der Waals surface area contributed by atoms with Crippen LogP contribution in [-0.4, -0.2) is 16.9 Å². The molecule has 0 amide bonds. The number of ether oxygens (including phenoxy) is 1. The highest BCUT2D eigenvalue weighted by Gasteiger charge is 2.41. The van der Waals surface area contributed by atoms with Crippen molar-refractivity contribution in [2.45, 2.75) is 90.8 Å². The summed E-state index contributed by atoms with van der Waals surface area (Å²) in [6, 6.07) is 0. The largest absolute Gasteiger partial charge is 0.433 e. The van der Waals surface area contributed by atoms with Crippen LogP contribution in [0.25, 0.3) is 0 Å². The molecule has 3 heteroatoms. The van der Waals surface area contributed by atoms with E-state index in [-0.39, 0.29) is 5.97 Å². The SMILES string of the molecule is CCCCC(CC)(CC)C(=O)OC1(O)CCCCC1. The zero-order valence-corrected chi connectivity index (χ0v) is 12.8. The van der Waals surface area contributed by atoms with Gasteiger partial charge in [-0.1, -0.05) is 40.0 Å². The van der Waals surface area contributed by atoms with E-state index in [1.807, 2.05) is 13.8 Å². The fourth-order valence-electron chi connectivity index (χ4n) is 3.00. The van der Waals surface area contributed by atoms with Gasteiger partial charge in [0.05, 0.1) is 5.41 Å². The van der Waals surface area contributed by atoms with Crippen LogP contribution in [0, 0.1) is 5.41 Å². The van der Waals surface area contributed by atoms with Crippen molar-refractivity contribution in [3.8, 4) is 0 Å². The average molecular weight is 270 g/mol. The summed E-state index contributed by atoms with van der Waals surface area (Å²) in [4.78, 5) is 12.5. The molecule has 0 aromatic rings. The number of esters is 1. The van der Waals surface area contributed by atoms with Gasteiger partial charge in [-0.3, -0.25) is 4.79 Å². The molecule has 1 aliphatic carbocycles. The summed E-state index contributed by atoms with van der Waals surface area (Å²) in [5.41, 5.74) is -0.400. The normalized spacial score (nSPS) is 19.2. The molecule has 0 atom stereocenters. The van der Waals surface area contributed by atoms with Crippen molar-refractivity contribution in [1.82, 2.24) is 0 Å². The first kappa shape index (κ1) is 16.5. The van der Waals surface area contributed by atoms with E-state index in [0.29, 0.717) is 12.8 Å². The van der Waals surface area contributed by atoms with Gasteiger partial charge >= 0.3 is 5.97 Å². The Hall–Kier alpha value is -0.570. The summed E-state index contributed by atoms with van der Waals surface area (Å²) in [7, 11) is 0. The van der Waals surface area contributed by atoms with Crippen LogP contribution in [0.1, 0.15) is 85.0 Å². The molecule has 0 aromatic carbocycles. The van der Waals surface area contributed by atoms with Crippen LogP contribution >= 0.6 is 0 Å². The lowest BCUT2D eigenvalue weighted by Gasteiger charge is -2.37.